The van der Waals surface area contributed by atoms with Crippen LogP contribution in [0.5, 0.6) is 11.5 Å². The maximum Gasteiger partial charge on any atom is 0.260 e. The molecule has 0 unspecified atom stereocenters. The molecule has 6 heteroatoms. The number of methoxy groups -OCH3 is 1. The number of hydrogen-bond donors (Lipinski definition) is 1. The fraction of sp³-hybridized carbons (Fsp3) is 0.417. The highest BCUT2D eigenvalue weighted by molar-refractivity contribution is 5.94. The molecule has 2 aromatic rings. The van der Waals surface area contributed by atoms with Gasteiger partial charge in [-0.25, -0.2) is 0 Å². The van der Waals surface area contributed by atoms with E-state index in [1.54, 1.807) is 31.4 Å². The molecule has 1 saturated heterocycles. The van der Waals surface area contributed by atoms with E-state index in [4.69, 9.17) is 9.47 Å². The van der Waals surface area contributed by atoms with Gasteiger partial charge in [-0.3, -0.25) is 9.59 Å². The number of benzene rings is 2. The van der Waals surface area contributed by atoms with Crippen LogP contribution in [0.4, 0.5) is 0 Å². The molecule has 30 heavy (non-hydrogen) atoms. The number of nitrogens with zero attached hydrogens (tertiary/aromatic N) is 1. The predicted molar refractivity (Wildman–Crippen MR) is 116 cm³/mol. The number of rotatable bonds is 8. The molecule has 1 N–H and O–H groups in total. The number of hydrogen-bond acceptors (Lipinski definition) is 4. The summed E-state index contributed by atoms with van der Waals surface area (Å²) in [6, 6.07) is 15.0. The van der Waals surface area contributed by atoms with Gasteiger partial charge in [-0.15, -0.1) is 0 Å². The molecule has 3 rings (SSSR count). The van der Waals surface area contributed by atoms with Crippen molar-refractivity contribution in [3.05, 3.63) is 59.7 Å². The monoisotopic (exact) mass is 410 g/mol. The van der Waals surface area contributed by atoms with Crippen molar-refractivity contribution in [2.45, 2.75) is 38.6 Å². The standard InChI is InChI=1S/C24H30N2O4/c1-3-4-18-5-9-22(10-6-18)30-17-23(27)26-15-13-20(14-16-26)25-24(28)19-7-11-21(29-2)12-8-19/h5-12,20H,3-4,13-17H2,1-2H3,(H,25,28). The fourth-order valence-corrected chi connectivity index (χ4v) is 3.56. The zero-order valence-corrected chi connectivity index (χ0v) is 17.7. The van der Waals surface area contributed by atoms with Crippen LogP contribution in [0.25, 0.3) is 0 Å². The third-order valence-electron chi connectivity index (χ3n) is 5.36. The summed E-state index contributed by atoms with van der Waals surface area (Å²) in [5.74, 6) is 1.31. The molecule has 0 bridgehead atoms. The highest BCUT2D eigenvalue weighted by Gasteiger charge is 2.24. The van der Waals surface area contributed by atoms with E-state index < -0.39 is 0 Å². The molecule has 0 saturated carbocycles. The van der Waals surface area contributed by atoms with E-state index in [-0.39, 0.29) is 24.5 Å². The van der Waals surface area contributed by atoms with E-state index in [0.717, 1.165) is 31.4 Å². The zero-order chi connectivity index (χ0) is 21.3. The Hall–Kier alpha value is -3.02. The Morgan fingerprint density at radius 3 is 2.23 bits per heavy atom. The van der Waals surface area contributed by atoms with Crippen molar-refractivity contribution in [2.75, 3.05) is 26.8 Å². The minimum absolute atomic E-state index is 0.0208. The van der Waals surface area contributed by atoms with Crippen LogP contribution < -0.4 is 14.8 Å². The molecule has 1 aliphatic rings. The second kappa shape index (κ2) is 10.7. The minimum atomic E-state index is -0.0997. The van der Waals surface area contributed by atoms with Crippen molar-refractivity contribution in [1.29, 1.82) is 0 Å². The lowest BCUT2D eigenvalue weighted by Gasteiger charge is -2.32. The summed E-state index contributed by atoms with van der Waals surface area (Å²) in [4.78, 5) is 26.7. The van der Waals surface area contributed by atoms with Crippen LogP contribution in [-0.4, -0.2) is 49.6 Å². The Labute approximate surface area is 178 Å². The second-order valence-electron chi connectivity index (χ2n) is 7.54. The number of amides is 2. The van der Waals surface area contributed by atoms with E-state index in [2.05, 4.69) is 12.2 Å². The molecule has 0 aromatic heterocycles. The van der Waals surface area contributed by atoms with Crippen molar-refractivity contribution < 1.29 is 19.1 Å². The summed E-state index contributed by atoms with van der Waals surface area (Å²) in [7, 11) is 1.60. The molecule has 0 radical (unpaired) electrons. The summed E-state index contributed by atoms with van der Waals surface area (Å²) in [5.41, 5.74) is 1.88. The van der Waals surface area contributed by atoms with Crippen molar-refractivity contribution in [2.24, 2.45) is 0 Å². The molecular formula is C24H30N2O4. The molecule has 2 amide bonds. The third-order valence-corrected chi connectivity index (χ3v) is 5.36. The molecule has 0 spiro atoms. The van der Waals surface area contributed by atoms with Crippen LogP contribution in [0.2, 0.25) is 0 Å². The average molecular weight is 411 g/mol. The molecule has 1 heterocycles. The van der Waals surface area contributed by atoms with Gasteiger partial charge in [0.05, 0.1) is 7.11 Å². The molecule has 2 aromatic carbocycles. The van der Waals surface area contributed by atoms with Gasteiger partial charge >= 0.3 is 0 Å². The van der Waals surface area contributed by atoms with Crippen molar-refractivity contribution in [1.82, 2.24) is 10.2 Å². The maximum atomic E-state index is 12.5. The summed E-state index contributed by atoms with van der Waals surface area (Å²) >= 11 is 0. The van der Waals surface area contributed by atoms with E-state index >= 15 is 0 Å². The van der Waals surface area contributed by atoms with Gasteiger partial charge in [0.25, 0.3) is 11.8 Å². The first-order valence-electron chi connectivity index (χ1n) is 10.5. The lowest BCUT2D eigenvalue weighted by Crippen LogP contribution is -2.47. The Morgan fingerprint density at radius 1 is 1.00 bits per heavy atom. The average Bonchev–Trinajstić information content (AvgIpc) is 2.79. The Morgan fingerprint density at radius 2 is 1.63 bits per heavy atom. The molecule has 0 aliphatic carbocycles. The number of ether oxygens (including phenoxy) is 2. The summed E-state index contributed by atoms with van der Waals surface area (Å²) in [6.45, 7) is 3.42. The van der Waals surface area contributed by atoms with Gasteiger partial charge in [0.2, 0.25) is 0 Å². The van der Waals surface area contributed by atoms with Gasteiger partial charge in [-0.05, 0) is 61.2 Å². The smallest absolute Gasteiger partial charge is 0.260 e. The summed E-state index contributed by atoms with van der Waals surface area (Å²) in [5, 5.41) is 3.06. The highest BCUT2D eigenvalue weighted by Crippen LogP contribution is 2.16. The minimum Gasteiger partial charge on any atom is -0.497 e. The molecule has 0 atom stereocenters. The topological polar surface area (TPSA) is 67.9 Å². The summed E-state index contributed by atoms with van der Waals surface area (Å²) < 4.78 is 10.8. The SMILES string of the molecule is CCCc1ccc(OCC(=O)N2CCC(NC(=O)c3ccc(OC)cc3)CC2)cc1. The Kier molecular flexibility index (Phi) is 7.71. The van der Waals surface area contributed by atoms with Crippen LogP contribution in [0.15, 0.2) is 48.5 Å². The lowest BCUT2D eigenvalue weighted by molar-refractivity contribution is -0.134. The van der Waals surface area contributed by atoms with Crippen molar-refractivity contribution >= 4 is 11.8 Å². The number of carbonyl (C=O) groups excluding carboxylic acids is 2. The first-order valence-corrected chi connectivity index (χ1v) is 10.5. The predicted octanol–water partition coefficient (Wildman–Crippen LogP) is 3.45. The molecule has 1 fully saturated rings. The number of nitrogens with one attached hydrogen (secondary N) is 1. The van der Waals surface area contributed by atoms with Crippen LogP contribution in [0.1, 0.15) is 42.1 Å². The van der Waals surface area contributed by atoms with Crippen molar-refractivity contribution in [3.63, 3.8) is 0 Å². The van der Waals surface area contributed by atoms with E-state index in [1.807, 2.05) is 29.2 Å². The third kappa shape index (κ3) is 5.99. The van der Waals surface area contributed by atoms with Gasteiger partial charge in [0.15, 0.2) is 6.61 Å². The van der Waals surface area contributed by atoms with Gasteiger partial charge in [-0.1, -0.05) is 25.5 Å². The summed E-state index contributed by atoms with van der Waals surface area (Å²) in [6.07, 6.45) is 3.62. The van der Waals surface area contributed by atoms with Gasteiger partial charge < -0.3 is 19.7 Å². The lowest BCUT2D eigenvalue weighted by atomic mass is 10.0. The Balaban J connectivity index is 1.40. The Bertz CT molecular complexity index is 825. The number of aryl methyl sites for hydroxylation is 1. The highest BCUT2D eigenvalue weighted by atomic mass is 16.5. The second-order valence-corrected chi connectivity index (χ2v) is 7.54. The van der Waals surface area contributed by atoms with Crippen LogP contribution in [0.3, 0.4) is 0 Å². The normalized spacial score (nSPS) is 14.3. The van der Waals surface area contributed by atoms with Gasteiger partial charge in [-0.2, -0.15) is 0 Å². The van der Waals surface area contributed by atoms with E-state index in [1.165, 1.54) is 5.56 Å². The van der Waals surface area contributed by atoms with E-state index in [0.29, 0.717) is 24.4 Å². The zero-order valence-electron chi connectivity index (χ0n) is 17.7. The van der Waals surface area contributed by atoms with Crippen LogP contribution in [-0.2, 0) is 11.2 Å². The van der Waals surface area contributed by atoms with Gasteiger partial charge in [0.1, 0.15) is 11.5 Å². The first-order chi connectivity index (χ1) is 14.6. The molecular weight excluding hydrogens is 380 g/mol. The van der Waals surface area contributed by atoms with Crippen LogP contribution in [0, 0.1) is 0 Å². The molecule has 1 aliphatic heterocycles. The number of likely N-dealkylation sites (tertiary alicyclic amines) is 1. The molecule has 160 valence electrons. The van der Waals surface area contributed by atoms with Crippen molar-refractivity contribution in [3.8, 4) is 11.5 Å². The fourth-order valence-electron chi connectivity index (χ4n) is 3.56. The van der Waals surface area contributed by atoms with E-state index in [9.17, 15) is 9.59 Å². The first kappa shape index (κ1) is 21.7. The van der Waals surface area contributed by atoms with Crippen LogP contribution >= 0.6 is 0 Å². The quantitative estimate of drug-likeness (QED) is 0.724. The maximum absolute atomic E-state index is 12.5. The van der Waals surface area contributed by atoms with Gasteiger partial charge in [0, 0.05) is 24.7 Å². The largest absolute Gasteiger partial charge is 0.497 e. The number of carbonyl (C=O) groups is 2. The molecule has 6 nitrogen and oxygen atoms in total. The number of piperidine rings is 1.